The number of amides is 2. The Morgan fingerprint density at radius 2 is 1.74 bits per heavy atom. The second-order valence-corrected chi connectivity index (χ2v) is 6.60. The number of carbonyl (C=O) groups is 2. The quantitative estimate of drug-likeness (QED) is 0.924. The first-order valence-corrected chi connectivity index (χ1v) is 8.25. The summed E-state index contributed by atoms with van der Waals surface area (Å²) in [5, 5.41) is 2.95. The molecule has 1 aromatic carbocycles. The SMILES string of the molecule is Cc1ccc(NC(=O)CN2CCN(C(=O)C(C)C)CC2)cc1C. The van der Waals surface area contributed by atoms with Gasteiger partial charge in [-0.3, -0.25) is 14.5 Å². The maximum Gasteiger partial charge on any atom is 0.238 e. The third kappa shape index (κ3) is 4.79. The van der Waals surface area contributed by atoms with E-state index in [1.54, 1.807) is 0 Å². The van der Waals surface area contributed by atoms with Gasteiger partial charge in [-0.05, 0) is 37.1 Å². The Bertz CT molecular complexity index is 576. The highest BCUT2D eigenvalue weighted by Gasteiger charge is 2.23. The van der Waals surface area contributed by atoms with Crippen LogP contribution < -0.4 is 5.32 Å². The lowest BCUT2D eigenvalue weighted by atomic mass is 10.1. The summed E-state index contributed by atoms with van der Waals surface area (Å²) in [5.74, 6) is 0.232. The number of nitrogens with zero attached hydrogens (tertiary/aromatic N) is 2. The van der Waals surface area contributed by atoms with Crippen LogP contribution in [0.4, 0.5) is 5.69 Å². The highest BCUT2D eigenvalue weighted by molar-refractivity contribution is 5.92. The summed E-state index contributed by atoms with van der Waals surface area (Å²) < 4.78 is 0. The van der Waals surface area contributed by atoms with Crippen molar-refractivity contribution in [3.63, 3.8) is 0 Å². The van der Waals surface area contributed by atoms with Crippen molar-refractivity contribution in [1.82, 2.24) is 9.80 Å². The Kier molecular flexibility index (Phi) is 5.77. The van der Waals surface area contributed by atoms with Gasteiger partial charge in [-0.15, -0.1) is 0 Å². The summed E-state index contributed by atoms with van der Waals surface area (Å²) in [6.45, 7) is 11.2. The van der Waals surface area contributed by atoms with E-state index in [0.717, 1.165) is 18.8 Å². The van der Waals surface area contributed by atoms with Crippen LogP contribution in [-0.2, 0) is 9.59 Å². The lowest BCUT2D eigenvalue weighted by molar-refractivity contribution is -0.136. The minimum absolute atomic E-state index is 0.00288. The normalized spacial score (nSPS) is 15.8. The lowest BCUT2D eigenvalue weighted by Crippen LogP contribution is -2.51. The van der Waals surface area contributed by atoms with Gasteiger partial charge >= 0.3 is 0 Å². The highest BCUT2D eigenvalue weighted by atomic mass is 16.2. The molecule has 0 atom stereocenters. The predicted molar refractivity (Wildman–Crippen MR) is 92.4 cm³/mol. The van der Waals surface area contributed by atoms with Crippen LogP contribution in [0.25, 0.3) is 0 Å². The summed E-state index contributed by atoms with van der Waals surface area (Å²) in [7, 11) is 0. The molecule has 2 rings (SSSR count). The summed E-state index contributed by atoms with van der Waals surface area (Å²) in [6, 6.07) is 5.94. The van der Waals surface area contributed by atoms with Gasteiger partial charge in [-0.1, -0.05) is 19.9 Å². The van der Waals surface area contributed by atoms with Crippen molar-refractivity contribution in [3.05, 3.63) is 29.3 Å². The molecule has 0 radical (unpaired) electrons. The zero-order valence-electron chi connectivity index (χ0n) is 14.6. The predicted octanol–water partition coefficient (Wildman–Crippen LogP) is 2.04. The minimum Gasteiger partial charge on any atom is -0.340 e. The molecule has 0 spiro atoms. The van der Waals surface area contributed by atoms with Gasteiger partial charge in [0, 0.05) is 37.8 Å². The Morgan fingerprint density at radius 1 is 1.09 bits per heavy atom. The van der Waals surface area contributed by atoms with Gasteiger partial charge in [0.2, 0.25) is 11.8 Å². The average molecular weight is 317 g/mol. The molecule has 0 unspecified atom stereocenters. The molecule has 126 valence electrons. The van der Waals surface area contributed by atoms with Gasteiger partial charge in [0.1, 0.15) is 0 Å². The minimum atomic E-state index is -0.00288. The topological polar surface area (TPSA) is 52.7 Å². The molecule has 0 aromatic heterocycles. The molecule has 5 nitrogen and oxygen atoms in total. The molecular weight excluding hydrogens is 290 g/mol. The van der Waals surface area contributed by atoms with Crippen LogP contribution in [0.1, 0.15) is 25.0 Å². The Labute approximate surface area is 138 Å². The molecule has 0 bridgehead atoms. The van der Waals surface area contributed by atoms with E-state index < -0.39 is 0 Å². The fourth-order valence-electron chi connectivity index (χ4n) is 2.71. The van der Waals surface area contributed by atoms with Crippen molar-refractivity contribution >= 4 is 17.5 Å². The summed E-state index contributed by atoms with van der Waals surface area (Å²) in [4.78, 5) is 28.1. The van der Waals surface area contributed by atoms with Gasteiger partial charge in [0.05, 0.1) is 6.54 Å². The summed E-state index contributed by atoms with van der Waals surface area (Å²) in [6.07, 6.45) is 0. The number of piperazine rings is 1. The molecule has 1 aliphatic heterocycles. The number of carbonyl (C=O) groups excluding carboxylic acids is 2. The zero-order valence-corrected chi connectivity index (χ0v) is 14.6. The fraction of sp³-hybridized carbons (Fsp3) is 0.556. The van der Waals surface area contributed by atoms with E-state index in [1.165, 1.54) is 11.1 Å². The van der Waals surface area contributed by atoms with Crippen LogP contribution in [0.5, 0.6) is 0 Å². The number of benzene rings is 1. The van der Waals surface area contributed by atoms with Gasteiger partial charge in [-0.2, -0.15) is 0 Å². The number of hydrogen-bond donors (Lipinski definition) is 1. The number of nitrogens with one attached hydrogen (secondary N) is 1. The molecule has 1 heterocycles. The molecule has 1 aliphatic rings. The van der Waals surface area contributed by atoms with Gasteiger partial charge in [-0.25, -0.2) is 0 Å². The first-order valence-electron chi connectivity index (χ1n) is 8.25. The second kappa shape index (κ2) is 7.59. The van der Waals surface area contributed by atoms with Crippen molar-refractivity contribution in [3.8, 4) is 0 Å². The van der Waals surface area contributed by atoms with E-state index in [2.05, 4.69) is 17.1 Å². The number of hydrogen-bond acceptors (Lipinski definition) is 3. The maximum absolute atomic E-state index is 12.2. The standard InChI is InChI=1S/C18H27N3O2/c1-13(2)18(23)21-9-7-20(8-10-21)12-17(22)19-16-6-5-14(3)15(4)11-16/h5-6,11,13H,7-10,12H2,1-4H3,(H,19,22). The van der Waals surface area contributed by atoms with Gasteiger partial charge in [0.25, 0.3) is 0 Å². The van der Waals surface area contributed by atoms with Gasteiger partial charge in [0.15, 0.2) is 0 Å². The van der Waals surface area contributed by atoms with E-state index in [-0.39, 0.29) is 17.7 Å². The van der Waals surface area contributed by atoms with E-state index in [0.29, 0.717) is 19.6 Å². The maximum atomic E-state index is 12.2. The largest absolute Gasteiger partial charge is 0.340 e. The van der Waals surface area contributed by atoms with Crippen molar-refractivity contribution in [2.45, 2.75) is 27.7 Å². The summed E-state index contributed by atoms with van der Waals surface area (Å²) >= 11 is 0. The van der Waals surface area contributed by atoms with Crippen LogP contribution in [0, 0.1) is 19.8 Å². The molecule has 23 heavy (non-hydrogen) atoms. The van der Waals surface area contributed by atoms with E-state index >= 15 is 0 Å². The highest BCUT2D eigenvalue weighted by Crippen LogP contribution is 2.14. The second-order valence-electron chi connectivity index (χ2n) is 6.60. The molecule has 2 amide bonds. The smallest absolute Gasteiger partial charge is 0.238 e. The summed E-state index contributed by atoms with van der Waals surface area (Å²) in [5.41, 5.74) is 3.23. The third-order valence-corrected chi connectivity index (χ3v) is 4.34. The zero-order chi connectivity index (χ0) is 17.0. The lowest BCUT2D eigenvalue weighted by Gasteiger charge is -2.35. The Morgan fingerprint density at radius 3 is 2.30 bits per heavy atom. The van der Waals surface area contributed by atoms with Crippen molar-refractivity contribution in [2.24, 2.45) is 5.92 Å². The number of anilines is 1. The Balaban J connectivity index is 1.80. The first kappa shape index (κ1) is 17.5. The van der Waals surface area contributed by atoms with Crippen molar-refractivity contribution in [1.29, 1.82) is 0 Å². The average Bonchev–Trinajstić information content (AvgIpc) is 2.51. The third-order valence-electron chi connectivity index (χ3n) is 4.34. The van der Waals surface area contributed by atoms with Crippen LogP contribution in [0.3, 0.4) is 0 Å². The molecule has 1 N–H and O–H groups in total. The number of aryl methyl sites for hydroxylation is 2. The molecule has 1 saturated heterocycles. The van der Waals surface area contributed by atoms with Crippen LogP contribution in [0.15, 0.2) is 18.2 Å². The molecule has 0 aliphatic carbocycles. The van der Waals surface area contributed by atoms with Crippen LogP contribution >= 0.6 is 0 Å². The molecule has 1 fully saturated rings. The molecule has 0 saturated carbocycles. The monoisotopic (exact) mass is 317 g/mol. The fourth-order valence-corrected chi connectivity index (χ4v) is 2.71. The molecular formula is C18H27N3O2. The van der Waals surface area contributed by atoms with Gasteiger partial charge < -0.3 is 10.2 Å². The molecule has 5 heteroatoms. The molecule has 1 aromatic rings. The van der Waals surface area contributed by atoms with E-state index in [4.69, 9.17) is 0 Å². The number of rotatable bonds is 4. The first-order chi connectivity index (χ1) is 10.9. The van der Waals surface area contributed by atoms with Crippen LogP contribution in [0.2, 0.25) is 0 Å². The van der Waals surface area contributed by atoms with E-state index in [1.807, 2.05) is 43.9 Å². The van der Waals surface area contributed by atoms with E-state index in [9.17, 15) is 9.59 Å². The van der Waals surface area contributed by atoms with Crippen molar-refractivity contribution < 1.29 is 9.59 Å². The van der Waals surface area contributed by atoms with Crippen molar-refractivity contribution in [2.75, 3.05) is 38.0 Å². The Hall–Kier alpha value is -1.88. The van der Waals surface area contributed by atoms with Crippen LogP contribution in [-0.4, -0.2) is 54.3 Å².